The minimum atomic E-state index is -0.0538. The molecule has 2 atom stereocenters. The minimum absolute atomic E-state index is 0. The van der Waals surface area contributed by atoms with Crippen LogP contribution in [-0.4, -0.2) is 62.7 Å². The van der Waals surface area contributed by atoms with Crippen molar-refractivity contribution >= 4 is 29.9 Å². The molecule has 2 amide bonds. The zero-order chi connectivity index (χ0) is 18.5. The Hall–Kier alpha value is -1.83. The molecule has 0 saturated carbocycles. The first-order valence-corrected chi connectivity index (χ1v) is 9.18. The molecular weight excluding hydrogens is 370 g/mol. The molecule has 8 heteroatoms. The van der Waals surface area contributed by atoms with Crippen LogP contribution >= 0.6 is 12.4 Å². The minimum Gasteiger partial charge on any atom is -0.495 e. The van der Waals surface area contributed by atoms with Crippen molar-refractivity contribution in [2.45, 2.75) is 25.8 Å². The first-order valence-electron chi connectivity index (χ1n) is 9.18. The summed E-state index contributed by atoms with van der Waals surface area (Å²) in [4.78, 5) is 27.1. The molecule has 150 valence electrons. The number of rotatable bonds is 4. The second-order valence-corrected chi connectivity index (χ2v) is 6.89. The molecule has 2 heterocycles. The Kier molecular flexibility index (Phi) is 7.89. The lowest BCUT2D eigenvalue weighted by Crippen LogP contribution is -2.41. The fraction of sp³-hybridized carbons (Fsp3) is 0.579. The van der Waals surface area contributed by atoms with Gasteiger partial charge in [0.15, 0.2) is 0 Å². The van der Waals surface area contributed by atoms with Gasteiger partial charge in [-0.05, 0) is 44.5 Å². The number of morpholine rings is 1. The molecule has 1 aromatic rings. The first-order chi connectivity index (χ1) is 12.6. The number of amides is 2. The smallest absolute Gasteiger partial charge is 0.254 e. The SMILES string of the molecule is COc1ccc(C(=O)N2CCOCC2)cc1NC(=O)[C@H]1CCN[C@@H](C)C1.Cl. The van der Waals surface area contributed by atoms with E-state index in [4.69, 9.17) is 9.47 Å². The number of carbonyl (C=O) groups is 2. The van der Waals surface area contributed by atoms with E-state index in [9.17, 15) is 9.59 Å². The number of nitrogens with zero attached hydrogens (tertiary/aromatic N) is 1. The highest BCUT2D eigenvalue weighted by molar-refractivity contribution is 5.99. The number of anilines is 1. The molecular formula is C19H28ClN3O4. The number of halogens is 1. The molecule has 2 aliphatic heterocycles. The third kappa shape index (κ3) is 5.34. The Morgan fingerprint density at radius 3 is 2.70 bits per heavy atom. The van der Waals surface area contributed by atoms with Gasteiger partial charge in [-0.25, -0.2) is 0 Å². The van der Waals surface area contributed by atoms with Crippen molar-refractivity contribution in [2.75, 3.05) is 45.3 Å². The standard InChI is InChI=1S/C19H27N3O4.ClH/c1-13-11-14(5-6-20-13)18(23)21-16-12-15(3-4-17(16)25-2)19(24)22-7-9-26-10-8-22;/h3-4,12-14,20H,5-11H2,1-2H3,(H,21,23);1H/t13-,14-;/m0./s1. The predicted molar refractivity (Wildman–Crippen MR) is 106 cm³/mol. The molecule has 0 aliphatic carbocycles. The number of carbonyl (C=O) groups excluding carboxylic acids is 2. The van der Waals surface area contributed by atoms with Gasteiger partial charge in [-0.1, -0.05) is 0 Å². The van der Waals surface area contributed by atoms with E-state index in [1.807, 2.05) is 0 Å². The summed E-state index contributed by atoms with van der Waals surface area (Å²) in [6.45, 7) is 5.20. The molecule has 27 heavy (non-hydrogen) atoms. The third-order valence-corrected chi connectivity index (χ3v) is 5.00. The average Bonchev–Trinajstić information content (AvgIpc) is 2.68. The maximum Gasteiger partial charge on any atom is 0.254 e. The van der Waals surface area contributed by atoms with E-state index < -0.39 is 0 Å². The van der Waals surface area contributed by atoms with E-state index in [-0.39, 0.29) is 30.1 Å². The summed E-state index contributed by atoms with van der Waals surface area (Å²) in [6, 6.07) is 5.50. The first kappa shape index (κ1) is 21.5. The Morgan fingerprint density at radius 2 is 2.04 bits per heavy atom. The summed E-state index contributed by atoms with van der Waals surface area (Å²) in [6.07, 6.45) is 1.62. The van der Waals surface area contributed by atoms with Crippen LogP contribution in [0.2, 0.25) is 0 Å². The van der Waals surface area contributed by atoms with Crippen LogP contribution < -0.4 is 15.4 Å². The largest absolute Gasteiger partial charge is 0.495 e. The summed E-state index contributed by atoms with van der Waals surface area (Å²) in [5.74, 6) is 0.447. The zero-order valence-electron chi connectivity index (χ0n) is 15.8. The van der Waals surface area contributed by atoms with Crippen molar-refractivity contribution in [3.63, 3.8) is 0 Å². The molecule has 2 aliphatic rings. The van der Waals surface area contributed by atoms with Crippen molar-refractivity contribution in [3.8, 4) is 5.75 Å². The number of piperidine rings is 1. The number of methoxy groups -OCH3 is 1. The molecule has 0 aromatic heterocycles. The third-order valence-electron chi connectivity index (χ3n) is 5.00. The summed E-state index contributed by atoms with van der Waals surface area (Å²) >= 11 is 0. The topological polar surface area (TPSA) is 79.9 Å². The van der Waals surface area contributed by atoms with E-state index in [0.29, 0.717) is 49.3 Å². The van der Waals surface area contributed by atoms with Crippen LogP contribution in [0.5, 0.6) is 5.75 Å². The zero-order valence-corrected chi connectivity index (χ0v) is 16.6. The summed E-state index contributed by atoms with van der Waals surface area (Å²) in [5, 5.41) is 6.31. The van der Waals surface area contributed by atoms with Crippen LogP contribution in [0.25, 0.3) is 0 Å². The Bertz CT molecular complexity index is 664. The second kappa shape index (κ2) is 9.92. The lowest BCUT2D eigenvalue weighted by molar-refractivity contribution is -0.120. The normalized spacial score (nSPS) is 22.5. The molecule has 1 aromatic carbocycles. The van der Waals surface area contributed by atoms with Crippen molar-refractivity contribution < 1.29 is 19.1 Å². The summed E-state index contributed by atoms with van der Waals surface area (Å²) in [7, 11) is 1.56. The Labute approximate surface area is 166 Å². The van der Waals surface area contributed by atoms with Crippen molar-refractivity contribution in [3.05, 3.63) is 23.8 Å². The Morgan fingerprint density at radius 1 is 1.30 bits per heavy atom. The van der Waals surface area contributed by atoms with Crippen LogP contribution in [0.15, 0.2) is 18.2 Å². The number of benzene rings is 1. The molecule has 0 unspecified atom stereocenters. The summed E-state index contributed by atoms with van der Waals surface area (Å²) in [5.41, 5.74) is 1.09. The van der Waals surface area contributed by atoms with Gasteiger partial charge >= 0.3 is 0 Å². The molecule has 2 fully saturated rings. The highest BCUT2D eigenvalue weighted by atomic mass is 35.5. The van der Waals surface area contributed by atoms with Crippen LogP contribution in [-0.2, 0) is 9.53 Å². The van der Waals surface area contributed by atoms with Crippen molar-refractivity contribution in [1.82, 2.24) is 10.2 Å². The monoisotopic (exact) mass is 397 g/mol. The van der Waals surface area contributed by atoms with Crippen LogP contribution in [0.4, 0.5) is 5.69 Å². The highest BCUT2D eigenvalue weighted by Crippen LogP contribution is 2.28. The lowest BCUT2D eigenvalue weighted by atomic mass is 9.92. The fourth-order valence-electron chi connectivity index (χ4n) is 3.49. The van der Waals surface area contributed by atoms with Crippen LogP contribution in [0.1, 0.15) is 30.1 Å². The number of hydrogen-bond acceptors (Lipinski definition) is 5. The van der Waals surface area contributed by atoms with Gasteiger partial charge in [-0.3, -0.25) is 9.59 Å². The van der Waals surface area contributed by atoms with Gasteiger partial charge in [0.25, 0.3) is 5.91 Å². The molecule has 3 rings (SSSR count). The molecule has 2 saturated heterocycles. The van der Waals surface area contributed by atoms with E-state index in [0.717, 1.165) is 19.4 Å². The predicted octanol–water partition coefficient (Wildman–Crippen LogP) is 1.92. The van der Waals surface area contributed by atoms with Gasteiger partial charge in [0.1, 0.15) is 5.75 Å². The van der Waals surface area contributed by atoms with Gasteiger partial charge in [-0.2, -0.15) is 0 Å². The maximum atomic E-state index is 12.7. The van der Waals surface area contributed by atoms with Crippen LogP contribution in [0.3, 0.4) is 0 Å². The number of hydrogen-bond donors (Lipinski definition) is 2. The summed E-state index contributed by atoms with van der Waals surface area (Å²) < 4.78 is 10.7. The van der Waals surface area contributed by atoms with Gasteiger partial charge in [0.05, 0.1) is 26.0 Å². The number of ether oxygens (including phenoxy) is 2. The molecule has 0 radical (unpaired) electrons. The van der Waals surface area contributed by atoms with Crippen LogP contribution in [0, 0.1) is 5.92 Å². The van der Waals surface area contributed by atoms with E-state index >= 15 is 0 Å². The quantitative estimate of drug-likeness (QED) is 0.811. The van der Waals surface area contributed by atoms with Crippen molar-refractivity contribution in [2.24, 2.45) is 5.92 Å². The van der Waals surface area contributed by atoms with E-state index in [1.54, 1.807) is 30.2 Å². The number of nitrogens with one attached hydrogen (secondary N) is 2. The molecule has 7 nitrogen and oxygen atoms in total. The van der Waals surface area contributed by atoms with E-state index in [2.05, 4.69) is 17.6 Å². The highest BCUT2D eigenvalue weighted by Gasteiger charge is 2.26. The van der Waals surface area contributed by atoms with Gasteiger partial charge in [0, 0.05) is 30.6 Å². The molecule has 0 spiro atoms. The molecule has 0 bridgehead atoms. The van der Waals surface area contributed by atoms with Crippen molar-refractivity contribution in [1.29, 1.82) is 0 Å². The molecule has 2 N–H and O–H groups in total. The van der Waals surface area contributed by atoms with Gasteiger partial charge in [0.2, 0.25) is 5.91 Å². The average molecular weight is 398 g/mol. The van der Waals surface area contributed by atoms with E-state index in [1.165, 1.54) is 0 Å². The fourth-order valence-corrected chi connectivity index (χ4v) is 3.49. The van der Waals surface area contributed by atoms with Gasteiger partial charge in [-0.15, -0.1) is 12.4 Å². The maximum absolute atomic E-state index is 12.7. The van der Waals surface area contributed by atoms with Gasteiger partial charge < -0.3 is 25.0 Å². The Balaban J connectivity index is 0.00000261. The lowest BCUT2D eigenvalue weighted by Gasteiger charge is -2.28. The second-order valence-electron chi connectivity index (χ2n) is 6.89.